The first-order valence-electron chi connectivity index (χ1n) is 34.7. The molecule has 0 aromatic heterocycles. The smallest absolute Gasteiger partial charge is 0.343 e. The van der Waals surface area contributed by atoms with Gasteiger partial charge in [0.15, 0.2) is 0 Å². The lowest BCUT2D eigenvalue weighted by molar-refractivity contribution is -0.160. The van der Waals surface area contributed by atoms with E-state index in [1.807, 2.05) is 20.8 Å². The van der Waals surface area contributed by atoms with Crippen molar-refractivity contribution in [3.63, 3.8) is 0 Å². The number of carbonyl (C=O) groups is 11. The van der Waals surface area contributed by atoms with Crippen LogP contribution in [0.4, 0.5) is 17.6 Å². The van der Waals surface area contributed by atoms with E-state index in [0.717, 1.165) is 55.9 Å². The Morgan fingerprint density at radius 2 is 1.25 bits per heavy atom. The van der Waals surface area contributed by atoms with Gasteiger partial charge in [-0.05, 0) is 126 Å². The number of amides is 11. The molecule has 6 fully saturated rings. The number of benzene rings is 1. The fourth-order valence-corrected chi connectivity index (χ4v) is 15.1. The maximum Gasteiger partial charge on any atom is 0.419 e. The summed E-state index contributed by atoms with van der Waals surface area (Å²) in [5.41, 5.74) is -2.91. The number of halogens is 4. The van der Waals surface area contributed by atoms with Crippen LogP contribution in [0.1, 0.15) is 188 Å². The Hall–Kier alpha value is -6.89. The third-order valence-electron chi connectivity index (χ3n) is 21.7. The molecule has 26 heteroatoms. The van der Waals surface area contributed by atoms with Crippen molar-refractivity contribution in [3.05, 3.63) is 35.1 Å². The van der Waals surface area contributed by atoms with Crippen LogP contribution in [0, 0.1) is 29.5 Å². The molecule has 1 aromatic carbocycles. The lowest BCUT2D eigenvalue weighted by Gasteiger charge is -2.45. The summed E-state index contributed by atoms with van der Waals surface area (Å²) in [6.45, 7) is 10.3. The number of fused-ring (bicyclic) bond motifs is 2. The molecule has 6 aliphatic rings. The van der Waals surface area contributed by atoms with Crippen molar-refractivity contribution < 1.29 is 70.3 Å². The van der Waals surface area contributed by atoms with E-state index in [4.69, 9.17) is 0 Å². The predicted octanol–water partition coefficient (Wildman–Crippen LogP) is 6.06. The third kappa shape index (κ3) is 17.6. The fraction of sp³-hybridized carbons (Fsp3) is 0.754. The normalized spacial score (nSPS) is 28.7. The predicted molar refractivity (Wildman–Crippen MR) is 346 cm³/mol. The Labute approximate surface area is 558 Å². The molecule has 7 rings (SSSR count). The molecular formula is C69H105F4N11O11. The van der Waals surface area contributed by atoms with Crippen molar-refractivity contribution in [2.45, 2.75) is 249 Å². The van der Waals surface area contributed by atoms with Gasteiger partial charge >= 0.3 is 6.18 Å². The number of nitrogens with zero attached hydrogens (tertiary/aromatic N) is 8. The van der Waals surface area contributed by atoms with Gasteiger partial charge in [-0.25, -0.2) is 4.39 Å². The monoisotopic (exact) mass is 1340 g/mol. The first-order chi connectivity index (χ1) is 44.7. The molecule has 0 unspecified atom stereocenters. The highest BCUT2D eigenvalue weighted by Gasteiger charge is 2.52. The van der Waals surface area contributed by atoms with Crippen molar-refractivity contribution in [1.82, 2.24) is 55.1 Å². The molecule has 3 heterocycles. The molecule has 11 amide bonds. The minimum atomic E-state index is -4.99. The summed E-state index contributed by atoms with van der Waals surface area (Å²) >= 11 is 0. The maximum absolute atomic E-state index is 15.4. The number of hydrogen-bond acceptors (Lipinski definition) is 11. The average molecular weight is 1340 g/mol. The molecule has 10 atom stereocenters. The number of aryl methyl sites for hydroxylation is 1. The Kier molecular flexibility index (Phi) is 25.8. The van der Waals surface area contributed by atoms with E-state index < -0.39 is 155 Å². The highest BCUT2D eigenvalue weighted by Crippen LogP contribution is 2.38. The van der Waals surface area contributed by atoms with Gasteiger partial charge in [-0.3, -0.25) is 52.7 Å². The van der Waals surface area contributed by atoms with Gasteiger partial charge in [0.25, 0.3) is 0 Å². The number of rotatable bonds is 10. The summed E-state index contributed by atoms with van der Waals surface area (Å²) in [5.74, 6) is -8.82. The quantitative estimate of drug-likeness (QED) is 0.227. The lowest BCUT2D eigenvalue weighted by Crippen LogP contribution is -2.65. The molecule has 3 aliphatic heterocycles. The van der Waals surface area contributed by atoms with Gasteiger partial charge in [0.2, 0.25) is 65.0 Å². The summed E-state index contributed by atoms with van der Waals surface area (Å²) in [6, 6.07) is -7.50. The number of hydrogen-bond donors (Lipinski definition) is 3. The van der Waals surface area contributed by atoms with Crippen LogP contribution in [0.3, 0.4) is 0 Å². The van der Waals surface area contributed by atoms with Crippen molar-refractivity contribution >= 4 is 65.0 Å². The maximum atomic E-state index is 15.4. The average Bonchev–Trinajstić information content (AvgIpc) is 1.70. The zero-order valence-electron chi connectivity index (χ0n) is 58.0. The molecule has 22 nitrogen and oxygen atoms in total. The van der Waals surface area contributed by atoms with Gasteiger partial charge in [0.05, 0.1) is 12.1 Å². The van der Waals surface area contributed by atoms with Crippen LogP contribution in [0.25, 0.3) is 0 Å². The Balaban J connectivity index is 1.25. The molecule has 530 valence electrons. The lowest BCUT2D eigenvalue weighted by atomic mass is 9.84. The molecule has 0 radical (unpaired) electrons. The summed E-state index contributed by atoms with van der Waals surface area (Å²) in [6.07, 6.45) is 4.66. The summed E-state index contributed by atoms with van der Waals surface area (Å²) in [7, 11) is 8.93. The largest absolute Gasteiger partial charge is 0.419 e. The van der Waals surface area contributed by atoms with Gasteiger partial charge < -0.3 is 55.1 Å². The molecule has 3 aliphatic carbocycles. The fourth-order valence-electron chi connectivity index (χ4n) is 15.1. The highest BCUT2D eigenvalue weighted by molar-refractivity contribution is 6.00. The Bertz CT molecular complexity index is 2970. The van der Waals surface area contributed by atoms with Crippen LogP contribution in [-0.2, 0) is 65.3 Å². The van der Waals surface area contributed by atoms with Crippen molar-refractivity contribution in [2.75, 3.05) is 61.9 Å². The first kappa shape index (κ1) is 75.5. The first-order valence-corrected chi connectivity index (χ1v) is 34.7. The Morgan fingerprint density at radius 1 is 0.621 bits per heavy atom. The molecule has 3 saturated carbocycles. The van der Waals surface area contributed by atoms with E-state index in [9.17, 15) is 51.5 Å². The molecule has 95 heavy (non-hydrogen) atoms. The van der Waals surface area contributed by atoms with Crippen LogP contribution >= 0.6 is 0 Å². The summed E-state index contributed by atoms with van der Waals surface area (Å²) in [5, 5.41) is 8.73. The van der Waals surface area contributed by atoms with Crippen LogP contribution < -0.4 is 16.0 Å². The zero-order chi connectivity index (χ0) is 70.1. The summed E-state index contributed by atoms with van der Waals surface area (Å²) in [4.78, 5) is 174. The van der Waals surface area contributed by atoms with E-state index in [2.05, 4.69) is 16.0 Å². The van der Waals surface area contributed by atoms with E-state index >= 15 is 18.8 Å². The van der Waals surface area contributed by atoms with E-state index in [1.165, 1.54) is 69.4 Å². The van der Waals surface area contributed by atoms with Gasteiger partial charge in [-0.15, -0.1) is 0 Å². The van der Waals surface area contributed by atoms with Crippen molar-refractivity contribution in [1.29, 1.82) is 0 Å². The topological polar surface area (TPSA) is 250 Å². The second-order valence-corrected chi connectivity index (χ2v) is 28.7. The second-order valence-electron chi connectivity index (χ2n) is 28.7. The molecule has 0 bridgehead atoms. The third-order valence-corrected chi connectivity index (χ3v) is 21.7. The summed E-state index contributed by atoms with van der Waals surface area (Å²) < 4.78 is 56.1. The zero-order valence-corrected chi connectivity index (χ0v) is 58.0. The van der Waals surface area contributed by atoms with Crippen LogP contribution in [0.5, 0.6) is 0 Å². The van der Waals surface area contributed by atoms with Crippen LogP contribution in [0.2, 0.25) is 0 Å². The van der Waals surface area contributed by atoms with Crippen molar-refractivity contribution in [2.24, 2.45) is 23.7 Å². The number of alkyl halides is 3. The van der Waals surface area contributed by atoms with Gasteiger partial charge in [0.1, 0.15) is 59.7 Å². The number of nitrogens with one attached hydrogen (secondary N) is 3. The standard InChI is InChI=1S/C69H105F4N11O11/c1-13-42(4)57-65(93)79(9)44(6)61(89)84-35-31-52(84)64(92)81(11)54(39-45-22-15-14-16-23-45)63(91)77(7)40-55(85)74-50(30-28-46-27-29-48(49(70)38-46)69(71,72)73)62(90)83-34-21-26-51(83)60(88)76-68(32-19-20-33-68)67(95)82(12)58(47-24-17-18-25-47)66(94)78(8)43(5)37-56(86)80(10)53(36-41(2)3)59(87)75-57/h27,29,38,41-45,47,50-54,57-58H,13-26,28,30-37,39-40H2,1-12H3,(H,74,85)(H,75,87)(H,76,88)/t42-,43+,44-,50-,51-,52-,53-,54-,57-,58-/m0/s1. The molecule has 1 spiro atoms. The van der Waals surface area contributed by atoms with E-state index in [1.54, 1.807) is 27.9 Å². The van der Waals surface area contributed by atoms with Gasteiger partial charge in [0, 0.05) is 67.8 Å². The molecular weight excluding hydrogens is 1230 g/mol. The van der Waals surface area contributed by atoms with Crippen LogP contribution in [-0.4, -0.2) is 226 Å². The van der Waals surface area contributed by atoms with Gasteiger partial charge in [-0.1, -0.05) is 98.0 Å². The van der Waals surface area contributed by atoms with Crippen molar-refractivity contribution in [3.8, 4) is 0 Å². The molecule has 3 saturated heterocycles. The van der Waals surface area contributed by atoms with Gasteiger partial charge in [-0.2, -0.15) is 13.2 Å². The second kappa shape index (κ2) is 32.4. The molecule has 3 N–H and O–H groups in total. The Morgan fingerprint density at radius 3 is 1.84 bits per heavy atom. The minimum Gasteiger partial charge on any atom is -0.343 e. The number of likely N-dealkylation sites (N-methyl/N-ethyl adjacent to an activating group) is 6. The van der Waals surface area contributed by atoms with Crippen LogP contribution in [0.15, 0.2) is 18.2 Å². The van der Waals surface area contributed by atoms with E-state index in [0.29, 0.717) is 50.7 Å². The van der Waals surface area contributed by atoms with E-state index in [-0.39, 0.29) is 94.2 Å². The molecule has 1 aromatic rings. The highest BCUT2D eigenvalue weighted by atomic mass is 19.4. The SMILES string of the molecule is CC[C@H](C)[C@@H]1NC(=O)[C@H](CC(C)C)N(C)C(=O)C[C@@H](C)N(C)C(=O)[C@H](C2CCCC2)N(C)C(=O)C2(CCCC2)NC(=O)[C@@H]2CCCN2C(=O)[C@H](CCc2ccc(C(F)(F)F)c(F)c2)NC(=O)CN(C)C(=O)[C@H](CC2CCCCC2)N(C)C(=O)[C@@H]2CCN2C(=O)[C@H](C)N(C)C1=O. The minimum absolute atomic E-state index is 0.0225. The number of carbonyl (C=O) groups excluding carboxylic acids is 11.